The van der Waals surface area contributed by atoms with Gasteiger partial charge in [-0.15, -0.1) is 22.7 Å². The molecule has 90 valence electrons. The zero-order valence-electron chi connectivity index (χ0n) is 9.05. The molecule has 1 amide bonds. The van der Waals surface area contributed by atoms with E-state index in [-0.39, 0.29) is 12.5 Å². The van der Waals surface area contributed by atoms with Crippen LogP contribution >= 0.6 is 22.7 Å². The molecule has 0 aliphatic rings. The number of thiophene rings is 1. The van der Waals surface area contributed by atoms with Crippen LogP contribution in [0.5, 0.6) is 0 Å². The quantitative estimate of drug-likeness (QED) is 0.815. The van der Waals surface area contributed by atoms with E-state index in [0.717, 1.165) is 9.88 Å². The van der Waals surface area contributed by atoms with Crippen molar-refractivity contribution in [2.75, 3.05) is 13.2 Å². The lowest BCUT2D eigenvalue weighted by Gasteiger charge is -2.00. The molecule has 0 radical (unpaired) electrons. The van der Waals surface area contributed by atoms with Crippen molar-refractivity contribution in [3.8, 4) is 9.88 Å². The number of nitrogens with one attached hydrogen (secondary N) is 1. The van der Waals surface area contributed by atoms with Crippen LogP contribution in [-0.2, 0) is 0 Å². The van der Waals surface area contributed by atoms with E-state index in [1.54, 1.807) is 16.7 Å². The van der Waals surface area contributed by atoms with Crippen LogP contribution in [0.15, 0.2) is 22.9 Å². The number of aliphatic hydroxyl groups excluding tert-OH is 1. The second-order valence-corrected chi connectivity index (χ2v) is 5.15. The Kier molecular flexibility index (Phi) is 4.24. The van der Waals surface area contributed by atoms with Crippen LogP contribution in [0.4, 0.5) is 0 Å². The van der Waals surface area contributed by atoms with Gasteiger partial charge in [-0.05, 0) is 17.9 Å². The number of thiazole rings is 1. The van der Waals surface area contributed by atoms with Crippen LogP contribution in [0.25, 0.3) is 9.88 Å². The Hall–Kier alpha value is -1.24. The molecule has 0 saturated heterocycles. The van der Waals surface area contributed by atoms with Crippen LogP contribution in [0.3, 0.4) is 0 Å². The lowest BCUT2D eigenvalue weighted by molar-refractivity contribution is 0.0947. The Morgan fingerprint density at radius 3 is 3.06 bits per heavy atom. The smallest absolute Gasteiger partial charge is 0.270 e. The van der Waals surface area contributed by atoms with Crippen molar-refractivity contribution >= 4 is 28.6 Å². The number of carbonyl (C=O) groups is 1. The van der Waals surface area contributed by atoms with Crippen LogP contribution in [-0.4, -0.2) is 29.1 Å². The molecule has 2 rings (SSSR count). The zero-order chi connectivity index (χ0) is 12.1. The van der Waals surface area contributed by atoms with Crippen LogP contribution in [0.1, 0.15) is 16.9 Å². The van der Waals surface area contributed by atoms with E-state index in [0.29, 0.717) is 18.7 Å². The number of rotatable bonds is 5. The Bertz CT molecular complexity index is 479. The highest BCUT2D eigenvalue weighted by atomic mass is 32.1. The molecule has 6 heteroatoms. The van der Waals surface area contributed by atoms with Gasteiger partial charge >= 0.3 is 0 Å². The van der Waals surface area contributed by atoms with Gasteiger partial charge in [0.15, 0.2) is 0 Å². The van der Waals surface area contributed by atoms with E-state index in [2.05, 4.69) is 10.3 Å². The molecular formula is C11H12N2O2S2. The molecule has 4 nitrogen and oxygen atoms in total. The molecule has 2 aromatic heterocycles. The van der Waals surface area contributed by atoms with Crippen molar-refractivity contribution < 1.29 is 9.90 Å². The molecule has 0 saturated carbocycles. The molecule has 17 heavy (non-hydrogen) atoms. The predicted molar refractivity (Wildman–Crippen MR) is 69.5 cm³/mol. The fourth-order valence-corrected chi connectivity index (χ4v) is 2.88. The third-order valence-electron chi connectivity index (χ3n) is 2.09. The summed E-state index contributed by atoms with van der Waals surface area (Å²) in [5.74, 6) is -0.183. The van der Waals surface area contributed by atoms with Gasteiger partial charge in [-0.25, -0.2) is 4.98 Å². The fraction of sp³-hybridized carbons (Fsp3) is 0.273. The van der Waals surface area contributed by atoms with E-state index in [1.807, 2.05) is 17.5 Å². The molecule has 0 unspecified atom stereocenters. The van der Waals surface area contributed by atoms with Crippen molar-refractivity contribution in [1.82, 2.24) is 10.3 Å². The van der Waals surface area contributed by atoms with E-state index in [1.165, 1.54) is 11.3 Å². The topological polar surface area (TPSA) is 62.2 Å². The second-order valence-electron chi connectivity index (χ2n) is 3.35. The van der Waals surface area contributed by atoms with Crippen LogP contribution in [0.2, 0.25) is 0 Å². The maximum atomic E-state index is 11.7. The van der Waals surface area contributed by atoms with Gasteiger partial charge in [0, 0.05) is 18.5 Å². The Morgan fingerprint density at radius 1 is 1.47 bits per heavy atom. The number of nitrogens with zero attached hydrogens (tertiary/aromatic N) is 1. The van der Waals surface area contributed by atoms with Crippen LogP contribution in [0, 0.1) is 0 Å². The van der Waals surface area contributed by atoms with E-state index < -0.39 is 0 Å². The minimum absolute atomic E-state index is 0.0811. The van der Waals surface area contributed by atoms with Gasteiger partial charge in [0.05, 0.1) is 4.88 Å². The molecule has 2 N–H and O–H groups in total. The van der Waals surface area contributed by atoms with Crippen LogP contribution < -0.4 is 5.32 Å². The maximum absolute atomic E-state index is 11.7. The molecule has 0 bridgehead atoms. The molecule has 0 aliphatic carbocycles. The van der Waals surface area contributed by atoms with E-state index in [4.69, 9.17) is 5.11 Å². The summed E-state index contributed by atoms with van der Waals surface area (Å²) in [7, 11) is 0. The largest absolute Gasteiger partial charge is 0.396 e. The van der Waals surface area contributed by atoms with Crippen molar-refractivity contribution in [2.24, 2.45) is 0 Å². The van der Waals surface area contributed by atoms with Gasteiger partial charge in [0.2, 0.25) is 0 Å². The monoisotopic (exact) mass is 268 g/mol. The molecular weight excluding hydrogens is 256 g/mol. The summed E-state index contributed by atoms with van der Waals surface area (Å²) in [6.45, 7) is 0.555. The first kappa shape index (κ1) is 12.2. The van der Waals surface area contributed by atoms with Gasteiger partial charge in [-0.3, -0.25) is 4.79 Å². The number of aromatic nitrogens is 1. The molecule has 2 heterocycles. The summed E-state index contributed by atoms with van der Waals surface area (Å²) in [4.78, 5) is 17.0. The lowest BCUT2D eigenvalue weighted by atomic mass is 10.4. The zero-order valence-corrected chi connectivity index (χ0v) is 10.7. The normalized spacial score (nSPS) is 10.4. The first-order valence-electron chi connectivity index (χ1n) is 5.19. The Morgan fingerprint density at radius 2 is 2.35 bits per heavy atom. The number of carbonyl (C=O) groups excluding carboxylic acids is 1. The fourth-order valence-electron chi connectivity index (χ4n) is 1.26. The first-order valence-corrected chi connectivity index (χ1v) is 6.95. The summed E-state index contributed by atoms with van der Waals surface area (Å²) < 4.78 is 0. The number of hydrogen-bond donors (Lipinski definition) is 2. The van der Waals surface area contributed by atoms with E-state index in [9.17, 15) is 4.79 Å². The summed E-state index contributed by atoms with van der Waals surface area (Å²) in [6, 6.07) is 3.94. The van der Waals surface area contributed by atoms with Crippen molar-refractivity contribution in [1.29, 1.82) is 0 Å². The summed E-state index contributed by atoms with van der Waals surface area (Å²) >= 11 is 3.07. The second kappa shape index (κ2) is 5.90. The Balaban J connectivity index is 2.01. The maximum Gasteiger partial charge on any atom is 0.270 e. The van der Waals surface area contributed by atoms with Gasteiger partial charge in [-0.1, -0.05) is 6.07 Å². The summed E-state index contributed by atoms with van der Waals surface area (Å²) in [6.07, 6.45) is 0.563. The molecule has 0 aliphatic heterocycles. The predicted octanol–water partition coefficient (Wildman–Crippen LogP) is 1.98. The molecule has 0 aromatic carbocycles. The highest BCUT2D eigenvalue weighted by molar-refractivity contribution is 7.20. The average molecular weight is 268 g/mol. The third-order valence-corrected chi connectivity index (χ3v) is 3.97. The van der Waals surface area contributed by atoms with Crippen molar-refractivity contribution in [2.45, 2.75) is 6.42 Å². The molecule has 0 fully saturated rings. The number of hydrogen-bond acceptors (Lipinski definition) is 5. The summed E-state index contributed by atoms with van der Waals surface area (Å²) in [5.41, 5.74) is 0.441. The first-order chi connectivity index (χ1) is 8.31. The Labute approximate surface area is 107 Å². The van der Waals surface area contributed by atoms with E-state index >= 15 is 0 Å². The molecule has 0 spiro atoms. The minimum atomic E-state index is -0.183. The highest BCUT2D eigenvalue weighted by Crippen LogP contribution is 2.27. The standard InChI is InChI=1S/C11H12N2O2S2/c14-5-2-4-12-10(15)8-7-17-11(13-8)9-3-1-6-16-9/h1,3,6-7,14H,2,4-5H2,(H,12,15). The number of aliphatic hydroxyl groups is 1. The molecule has 2 aromatic rings. The van der Waals surface area contributed by atoms with Crippen molar-refractivity contribution in [3.63, 3.8) is 0 Å². The SMILES string of the molecule is O=C(NCCCO)c1csc(-c2cccs2)n1. The summed E-state index contributed by atoms with van der Waals surface area (Å²) in [5, 5.41) is 15.9. The van der Waals surface area contributed by atoms with Gasteiger partial charge in [0.25, 0.3) is 5.91 Å². The van der Waals surface area contributed by atoms with Gasteiger partial charge in [0.1, 0.15) is 10.7 Å². The average Bonchev–Trinajstić information content (AvgIpc) is 3.00. The third kappa shape index (κ3) is 3.12. The lowest BCUT2D eigenvalue weighted by Crippen LogP contribution is -2.25. The number of amides is 1. The minimum Gasteiger partial charge on any atom is -0.396 e. The van der Waals surface area contributed by atoms with Crippen molar-refractivity contribution in [3.05, 3.63) is 28.6 Å². The molecule has 0 atom stereocenters. The van der Waals surface area contributed by atoms with Gasteiger partial charge in [-0.2, -0.15) is 0 Å². The van der Waals surface area contributed by atoms with Gasteiger partial charge < -0.3 is 10.4 Å². The highest BCUT2D eigenvalue weighted by Gasteiger charge is 2.11.